The van der Waals surface area contributed by atoms with E-state index in [9.17, 15) is 19.3 Å². The first kappa shape index (κ1) is 18.6. The number of amides is 1. The molecule has 0 fully saturated rings. The Morgan fingerprint density at radius 3 is 2.48 bits per heavy atom. The van der Waals surface area contributed by atoms with Crippen LogP contribution in [0.3, 0.4) is 0 Å². The maximum atomic E-state index is 13.9. The Morgan fingerprint density at radius 1 is 1.07 bits per heavy atom. The molecule has 0 spiro atoms. The van der Waals surface area contributed by atoms with Gasteiger partial charge in [-0.25, -0.2) is 4.39 Å². The first-order valence-corrected chi connectivity index (χ1v) is 9.15. The topological polar surface area (TPSA) is 84.3 Å². The van der Waals surface area contributed by atoms with E-state index in [1.54, 1.807) is 18.2 Å². The molecule has 2 atom stereocenters. The number of hydrogen-bond acceptors (Lipinski definition) is 4. The standard InChI is InChI=1S/C22H18FN3O3/c23-16-8-11-19-18(12-16)20(15-4-2-1-3-5-15)21(25-19)22(27)24-13-14-6-9-17(10-7-14)26(28)29/h1-12,20-21,25H,13H2,(H,24,27). The molecule has 0 aliphatic carbocycles. The SMILES string of the molecule is O=C(NCc1ccc([N+](=O)[O-])cc1)C1Nc2ccc(F)cc2C1c1ccccc1. The number of nitrogens with zero attached hydrogens (tertiary/aromatic N) is 1. The average Bonchev–Trinajstić information content (AvgIpc) is 3.11. The zero-order chi connectivity index (χ0) is 20.4. The maximum absolute atomic E-state index is 13.9. The van der Waals surface area contributed by atoms with Gasteiger partial charge in [0.15, 0.2) is 0 Å². The summed E-state index contributed by atoms with van der Waals surface area (Å²) in [6.07, 6.45) is 0. The third-order valence-electron chi connectivity index (χ3n) is 5.05. The van der Waals surface area contributed by atoms with Crippen molar-refractivity contribution >= 4 is 17.3 Å². The third-order valence-corrected chi connectivity index (χ3v) is 5.05. The first-order chi connectivity index (χ1) is 14.0. The van der Waals surface area contributed by atoms with Gasteiger partial charge in [0.1, 0.15) is 11.9 Å². The first-order valence-electron chi connectivity index (χ1n) is 9.15. The summed E-state index contributed by atoms with van der Waals surface area (Å²) < 4.78 is 13.9. The minimum atomic E-state index is -0.591. The van der Waals surface area contributed by atoms with Crippen molar-refractivity contribution in [1.82, 2.24) is 5.32 Å². The van der Waals surface area contributed by atoms with Crippen LogP contribution in [0, 0.1) is 15.9 Å². The molecule has 3 aromatic carbocycles. The molecule has 0 bridgehead atoms. The molecule has 7 heteroatoms. The summed E-state index contributed by atoms with van der Waals surface area (Å²) in [5, 5.41) is 16.8. The lowest BCUT2D eigenvalue weighted by Crippen LogP contribution is -2.40. The van der Waals surface area contributed by atoms with Crippen LogP contribution in [0.1, 0.15) is 22.6 Å². The van der Waals surface area contributed by atoms with Gasteiger partial charge in [-0.1, -0.05) is 42.5 Å². The molecular weight excluding hydrogens is 373 g/mol. The average molecular weight is 391 g/mol. The fourth-order valence-corrected chi connectivity index (χ4v) is 3.64. The Labute approximate surface area is 166 Å². The summed E-state index contributed by atoms with van der Waals surface area (Å²) in [5.74, 6) is -0.897. The summed E-state index contributed by atoms with van der Waals surface area (Å²) in [7, 11) is 0. The van der Waals surface area contributed by atoms with Crippen LogP contribution in [0.15, 0.2) is 72.8 Å². The van der Waals surface area contributed by atoms with Gasteiger partial charge in [0.05, 0.1) is 4.92 Å². The highest BCUT2D eigenvalue weighted by Crippen LogP contribution is 2.40. The van der Waals surface area contributed by atoms with Crippen LogP contribution < -0.4 is 10.6 Å². The van der Waals surface area contributed by atoms with E-state index in [-0.39, 0.29) is 29.9 Å². The predicted molar refractivity (Wildman–Crippen MR) is 107 cm³/mol. The molecule has 1 aliphatic rings. The summed E-state index contributed by atoms with van der Waals surface area (Å²) in [6.45, 7) is 0.237. The van der Waals surface area contributed by atoms with E-state index >= 15 is 0 Å². The lowest BCUT2D eigenvalue weighted by molar-refractivity contribution is -0.384. The fraction of sp³-hybridized carbons (Fsp3) is 0.136. The number of nitro groups is 1. The molecule has 2 unspecified atom stereocenters. The van der Waals surface area contributed by atoms with E-state index in [1.165, 1.54) is 24.3 Å². The van der Waals surface area contributed by atoms with Crippen LogP contribution in [0.4, 0.5) is 15.8 Å². The molecule has 0 aromatic heterocycles. The number of nitrogens with one attached hydrogen (secondary N) is 2. The van der Waals surface area contributed by atoms with Crippen molar-refractivity contribution in [2.24, 2.45) is 0 Å². The Bertz CT molecular complexity index is 1050. The lowest BCUT2D eigenvalue weighted by Gasteiger charge is -2.20. The number of nitro benzene ring substituents is 1. The zero-order valence-electron chi connectivity index (χ0n) is 15.3. The van der Waals surface area contributed by atoms with E-state index < -0.39 is 11.0 Å². The highest BCUT2D eigenvalue weighted by molar-refractivity contribution is 5.89. The van der Waals surface area contributed by atoms with Crippen molar-refractivity contribution in [2.45, 2.75) is 18.5 Å². The van der Waals surface area contributed by atoms with E-state index in [1.807, 2.05) is 30.3 Å². The highest BCUT2D eigenvalue weighted by Gasteiger charge is 2.38. The van der Waals surface area contributed by atoms with Gasteiger partial charge in [-0.15, -0.1) is 0 Å². The van der Waals surface area contributed by atoms with Crippen LogP contribution in [0.25, 0.3) is 0 Å². The monoisotopic (exact) mass is 391 g/mol. The number of rotatable bonds is 5. The normalized spacial score (nSPS) is 17.3. The zero-order valence-corrected chi connectivity index (χ0v) is 15.3. The molecular formula is C22H18FN3O3. The second-order valence-corrected chi connectivity index (χ2v) is 6.88. The summed E-state index contributed by atoms with van der Waals surface area (Å²) in [4.78, 5) is 23.2. The van der Waals surface area contributed by atoms with Crippen molar-refractivity contribution < 1.29 is 14.1 Å². The van der Waals surface area contributed by atoms with Crippen molar-refractivity contribution in [2.75, 3.05) is 5.32 Å². The number of non-ortho nitro benzene ring substituents is 1. The second kappa shape index (κ2) is 7.71. The van der Waals surface area contributed by atoms with Gasteiger partial charge in [0, 0.05) is 30.3 Å². The molecule has 29 heavy (non-hydrogen) atoms. The van der Waals surface area contributed by atoms with Crippen LogP contribution >= 0.6 is 0 Å². The van der Waals surface area contributed by atoms with Gasteiger partial charge in [0.25, 0.3) is 5.69 Å². The molecule has 4 rings (SSSR count). The minimum Gasteiger partial charge on any atom is -0.373 e. The number of carbonyl (C=O) groups is 1. The molecule has 2 N–H and O–H groups in total. The van der Waals surface area contributed by atoms with Gasteiger partial charge < -0.3 is 10.6 Å². The molecule has 3 aromatic rings. The smallest absolute Gasteiger partial charge is 0.269 e. The highest BCUT2D eigenvalue weighted by atomic mass is 19.1. The molecule has 6 nitrogen and oxygen atoms in total. The van der Waals surface area contributed by atoms with Crippen molar-refractivity contribution in [3.8, 4) is 0 Å². The Morgan fingerprint density at radius 2 is 1.79 bits per heavy atom. The van der Waals surface area contributed by atoms with Gasteiger partial charge in [-0.3, -0.25) is 14.9 Å². The molecule has 1 amide bonds. The fourth-order valence-electron chi connectivity index (χ4n) is 3.64. The number of anilines is 1. The van der Waals surface area contributed by atoms with E-state index in [4.69, 9.17) is 0 Å². The summed E-state index contributed by atoms with van der Waals surface area (Å²) in [6, 6.07) is 19.4. The minimum absolute atomic E-state index is 0.000783. The summed E-state index contributed by atoms with van der Waals surface area (Å²) in [5.41, 5.74) is 3.14. The largest absolute Gasteiger partial charge is 0.373 e. The molecule has 0 radical (unpaired) electrons. The number of halogens is 1. The number of benzene rings is 3. The van der Waals surface area contributed by atoms with Crippen LogP contribution in [-0.4, -0.2) is 16.9 Å². The van der Waals surface area contributed by atoms with Gasteiger partial charge in [-0.2, -0.15) is 0 Å². The number of hydrogen-bond donors (Lipinski definition) is 2. The van der Waals surface area contributed by atoms with Crippen LogP contribution in [-0.2, 0) is 11.3 Å². The molecule has 0 saturated carbocycles. The molecule has 1 aliphatic heterocycles. The van der Waals surface area contributed by atoms with Gasteiger partial charge in [0.2, 0.25) is 5.91 Å². The Balaban J connectivity index is 1.54. The van der Waals surface area contributed by atoms with Gasteiger partial charge >= 0.3 is 0 Å². The maximum Gasteiger partial charge on any atom is 0.269 e. The van der Waals surface area contributed by atoms with Crippen molar-refractivity contribution in [3.05, 3.63) is 105 Å². The summed E-state index contributed by atoms with van der Waals surface area (Å²) >= 11 is 0. The third kappa shape index (κ3) is 3.80. The molecule has 0 saturated heterocycles. The predicted octanol–water partition coefficient (Wildman–Crippen LogP) is 3.98. The van der Waals surface area contributed by atoms with E-state index in [0.717, 1.165) is 22.4 Å². The molecule has 146 valence electrons. The van der Waals surface area contributed by atoms with Crippen molar-refractivity contribution in [3.63, 3.8) is 0 Å². The Hall–Kier alpha value is -3.74. The van der Waals surface area contributed by atoms with Gasteiger partial charge in [-0.05, 0) is 34.9 Å². The number of fused-ring (bicyclic) bond motifs is 1. The second-order valence-electron chi connectivity index (χ2n) is 6.88. The van der Waals surface area contributed by atoms with Crippen LogP contribution in [0.2, 0.25) is 0 Å². The van der Waals surface area contributed by atoms with Crippen molar-refractivity contribution in [1.29, 1.82) is 0 Å². The van der Waals surface area contributed by atoms with E-state index in [2.05, 4.69) is 10.6 Å². The van der Waals surface area contributed by atoms with Crippen LogP contribution in [0.5, 0.6) is 0 Å². The van der Waals surface area contributed by atoms with E-state index in [0.29, 0.717) is 0 Å². The molecule has 1 heterocycles. The Kier molecular flexibility index (Phi) is 4.95. The number of carbonyl (C=O) groups excluding carboxylic acids is 1. The lowest BCUT2D eigenvalue weighted by atomic mass is 9.87. The quantitative estimate of drug-likeness (QED) is 0.509.